The van der Waals surface area contributed by atoms with Crippen molar-refractivity contribution >= 4 is 5.91 Å². The van der Waals surface area contributed by atoms with Gasteiger partial charge in [0.2, 0.25) is 0 Å². The number of carbonyl (C=O) groups excluding carboxylic acids is 1. The lowest BCUT2D eigenvalue weighted by molar-refractivity contribution is 0.0492. The van der Waals surface area contributed by atoms with Gasteiger partial charge in [0.15, 0.2) is 0 Å². The van der Waals surface area contributed by atoms with Crippen molar-refractivity contribution in [3.63, 3.8) is 0 Å². The Balaban J connectivity index is 1.43. The summed E-state index contributed by atoms with van der Waals surface area (Å²) in [5, 5.41) is 0. The van der Waals surface area contributed by atoms with Gasteiger partial charge in [0.25, 0.3) is 5.91 Å². The molecule has 0 aliphatic carbocycles. The van der Waals surface area contributed by atoms with Gasteiger partial charge in [-0.05, 0) is 49.9 Å². The first kappa shape index (κ1) is 16.3. The number of hydrogen-bond acceptors (Lipinski definition) is 3. The number of likely N-dealkylation sites (tertiary alicyclic amines) is 2. The summed E-state index contributed by atoms with van der Waals surface area (Å²) in [5.74, 6) is 0.742. The first-order valence-corrected chi connectivity index (χ1v) is 9.13. The van der Waals surface area contributed by atoms with Gasteiger partial charge in [-0.2, -0.15) is 0 Å². The van der Waals surface area contributed by atoms with Crippen LogP contribution in [0.15, 0.2) is 54.9 Å². The van der Waals surface area contributed by atoms with Crippen molar-refractivity contribution in [3.05, 3.63) is 66.0 Å². The summed E-state index contributed by atoms with van der Waals surface area (Å²) >= 11 is 0. The monoisotopic (exact) mass is 335 g/mol. The molecule has 1 aromatic heterocycles. The van der Waals surface area contributed by atoms with E-state index in [2.05, 4.69) is 47.3 Å². The molecular weight excluding hydrogens is 310 g/mol. The Morgan fingerprint density at radius 1 is 1.08 bits per heavy atom. The molecule has 0 unspecified atom stereocenters. The van der Waals surface area contributed by atoms with E-state index in [1.807, 2.05) is 4.90 Å². The Kier molecular flexibility index (Phi) is 4.30. The maximum Gasteiger partial charge on any atom is 0.253 e. The van der Waals surface area contributed by atoms with Gasteiger partial charge in [0, 0.05) is 43.1 Å². The summed E-state index contributed by atoms with van der Waals surface area (Å²) in [4.78, 5) is 21.2. The zero-order valence-corrected chi connectivity index (χ0v) is 14.8. The maximum atomic E-state index is 12.7. The summed E-state index contributed by atoms with van der Waals surface area (Å²) in [7, 11) is 2.25. The Bertz CT molecular complexity index is 723. The number of carbonyl (C=O) groups is 1. The van der Waals surface area contributed by atoms with Crippen molar-refractivity contribution in [2.24, 2.45) is 0 Å². The molecule has 1 spiro atoms. The number of amides is 1. The number of likely N-dealkylation sites (N-methyl/N-ethyl adjacent to an activating group) is 1. The second-order valence-electron chi connectivity index (χ2n) is 7.44. The Labute approximate surface area is 149 Å². The Morgan fingerprint density at radius 2 is 1.76 bits per heavy atom. The van der Waals surface area contributed by atoms with E-state index in [-0.39, 0.29) is 11.4 Å². The molecule has 0 saturated carbocycles. The molecule has 1 aromatic carbocycles. The maximum absolute atomic E-state index is 12.7. The van der Waals surface area contributed by atoms with Gasteiger partial charge < -0.3 is 4.90 Å². The highest BCUT2D eigenvalue weighted by molar-refractivity contribution is 5.94. The standard InChI is InChI=1S/C21H25N3O/c1-23-16-19(17-5-3-2-4-6-17)15-21(23)9-13-24(14-10-21)20(25)18-7-11-22-12-8-18/h2-8,11-12,19H,9-10,13-16H2,1H3/t19-/m0/s1. The quantitative estimate of drug-likeness (QED) is 0.846. The molecule has 2 aliphatic heterocycles. The van der Waals surface area contributed by atoms with Gasteiger partial charge in [0.1, 0.15) is 0 Å². The van der Waals surface area contributed by atoms with E-state index in [1.54, 1.807) is 24.5 Å². The number of aromatic nitrogens is 1. The fraction of sp³-hybridized carbons (Fsp3) is 0.429. The molecule has 1 atom stereocenters. The summed E-state index contributed by atoms with van der Waals surface area (Å²) in [6.45, 7) is 2.79. The molecule has 0 radical (unpaired) electrons. The fourth-order valence-corrected chi connectivity index (χ4v) is 4.54. The smallest absolute Gasteiger partial charge is 0.253 e. The fourth-order valence-electron chi connectivity index (χ4n) is 4.54. The normalized spacial score (nSPS) is 23.1. The van der Waals surface area contributed by atoms with E-state index >= 15 is 0 Å². The van der Waals surface area contributed by atoms with Crippen molar-refractivity contribution < 1.29 is 4.79 Å². The number of rotatable bonds is 2. The largest absolute Gasteiger partial charge is 0.339 e. The van der Waals surface area contributed by atoms with Crippen LogP contribution in [-0.2, 0) is 0 Å². The minimum absolute atomic E-state index is 0.137. The van der Waals surface area contributed by atoms with Crippen molar-refractivity contribution in [1.29, 1.82) is 0 Å². The highest BCUT2D eigenvalue weighted by Crippen LogP contribution is 2.44. The first-order chi connectivity index (χ1) is 12.2. The predicted octanol–water partition coefficient (Wildman–Crippen LogP) is 3.18. The summed E-state index contributed by atoms with van der Waals surface area (Å²) in [6.07, 6.45) is 6.69. The second-order valence-corrected chi connectivity index (χ2v) is 7.44. The summed E-state index contributed by atoms with van der Waals surface area (Å²) < 4.78 is 0. The van der Waals surface area contributed by atoms with Crippen LogP contribution in [0, 0.1) is 0 Å². The van der Waals surface area contributed by atoms with Crippen LogP contribution in [0.4, 0.5) is 0 Å². The number of benzene rings is 1. The van der Waals surface area contributed by atoms with Gasteiger partial charge in [-0.3, -0.25) is 14.7 Å². The predicted molar refractivity (Wildman–Crippen MR) is 98.5 cm³/mol. The van der Waals surface area contributed by atoms with Crippen LogP contribution in [-0.4, -0.2) is 52.9 Å². The van der Waals surface area contributed by atoms with E-state index in [0.717, 1.165) is 38.0 Å². The van der Waals surface area contributed by atoms with Crippen molar-refractivity contribution in [2.45, 2.75) is 30.7 Å². The van der Waals surface area contributed by atoms with Gasteiger partial charge in [-0.15, -0.1) is 0 Å². The molecule has 2 saturated heterocycles. The van der Waals surface area contributed by atoms with E-state index in [1.165, 1.54) is 12.0 Å². The molecular formula is C21H25N3O. The average molecular weight is 335 g/mol. The van der Waals surface area contributed by atoms with Gasteiger partial charge in [-0.25, -0.2) is 0 Å². The minimum atomic E-state index is 0.137. The van der Waals surface area contributed by atoms with Gasteiger partial charge >= 0.3 is 0 Å². The van der Waals surface area contributed by atoms with Crippen LogP contribution in [0.25, 0.3) is 0 Å². The number of nitrogens with zero attached hydrogens (tertiary/aromatic N) is 3. The molecule has 2 aromatic rings. The van der Waals surface area contributed by atoms with E-state index in [0.29, 0.717) is 5.92 Å². The molecule has 0 N–H and O–H groups in total. The van der Waals surface area contributed by atoms with Crippen LogP contribution in [0.2, 0.25) is 0 Å². The topological polar surface area (TPSA) is 36.4 Å². The SMILES string of the molecule is CN1C[C@@H](c2ccccc2)CC12CCN(C(=O)c1ccncc1)CC2. The minimum Gasteiger partial charge on any atom is -0.339 e. The molecule has 25 heavy (non-hydrogen) atoms. The lowest BCUT2D eigenvalue weighted by Crippen LogP contribution is -2.52. The van der Waals surface area contributed by atoms with E-state index in [4.69, 9.17) is 0 Å². The highest BCUT2D eigenvalue weighted by atomic mass is 16.2. The lowest BCUT2D eigenvalue weighted by atomic mass is 9.81. The zero-order chi connectivity index (χ0) is 17.3. The summed E-state index contributed by atoms with van der Waals surface area (Å²) in [5.41, 5.74) is 2.43. The number of hydrogen-bond donors (Lipinski definition) is 0. The van der Waals surface area contributed by atoms with Crippen molar-refractivity contribution in [1.82, 2.24) is 14.8 Å². The number of piperidine rings is 1. The third-order valence-corrected chi connectivity index (χ3v) is 6.11. The third kappa shape index (κ3) is 3.07. The molecule has 0 bridgehead atoms. The molecule has 4 nitrogen and oxygen atoms in total. The third-order valence-electron chi connectivity index (χ3n) is 6.11. The van der Waals surface area contributed by atoms with Gasteiger partial charge in [0.05, 0.1) is 0 Å². The molecule has 130 valence electrons. The van der Waals surface area contributed by atoms with Crippen LogP contribution < -0.4 is 0 Å². The molecule has 2 fully saturated rings. The van der Waals surface area contributed by atoms with Gasteiger partial charge in [-0.1, -0.05) is 30.3 Å². The number of pyridine rings is 1. The Morgan fingerprint density at radius 3 is 2.44 bits per heavy atom. The molecule has 2 aliphatic rings. The van der Waals surface area contributed by atoms with Crippen molar-refractivity contribution in [2.75, 3.05) is 26.7 Å². The Hall–Kier alpha value is -2.20. The summed E-state index contributed by atoms with van der Waals surface area (Å²) in [6, 6.07) is 14.5. The van der Waals surface area contributed by atoms with Crippen molar-refractivity contribution in [3.8, 4) is 0 Å². The zero-order valence-electron chi connectivity index (χ0n) is 14.8. The lowest BCUT2D eigenvalue weighted by Gasteiger charge is -2.43. The molecule has 1 amide bonds. The molecule has 4 rings (SSSR count). The van der Waals surface area contributed by atoms with E-state index < -0.39 is 0 Å². The highest BCUT2D eigenvalue weighted by Gasteiger charge is 2.46. The molecule has 4 heteroatoms. The molecule has 3 heterocycles. The van der Waals surface area contributed by atoms with Crippen LogP contribution in [0.5, 0.6) is 0 Å². The second kappa shape index (κ2) is 6.60. The average Bonchev–Trinajstić information content (AvgIpc) is 2.99. The van der Waals surface area contributed by atoms with Crippen LogP contribution in [0.3, 0.4) is 0 Å². The van der Waals surface area contributed by atoms with Crippen LogP contribution in [0.1, 0.15) is 41.1 Å². The van der Waals surface area contributed by atoms with Crippen LogP contribution >= 0.6 is 0 Å². The van der Waals surface area contributed by atoms with E-state index in [9.17, 15) is 4.79 Å². The first-order valence-electron chi connectivity index (χ1n) is 9.13.